The van der Waals surface area contributed by atoms with E-state index in [1.54, 1.807) is 23.1 Å². The van der Waals surface area contributed by atoms with E-state index in [4.69, 9.17) is 4.74 Å². The average molecular weight is 491 g/mol. The fourth-order valence-corrected chi connectivity index (χ4v) is 4.50. The van der Waals surface area contributed by atoms with Crippen LogP contribution in [0.4, 0.5) is 16.2 Å². The molecule has 0 unspecified atom stereocenters. The summed E-state index contributed by atoms with van der Waals surface area (Å²) in [4.78, 5) is 30.1. The Balaban J connectivity index is 1.61. The van der Waals surface area contributed by atoms with Crippen LogP contribution < -0.4 is 15.4 Å². The zero-order chi connectivity index (χ0) is 25.8. The number of amides is 3. The molecule has 0 aliphatic carbocycles. The van der Waals surface area contributed by atoms with Gasteiger partial charge in [0.2, 0.25) is 0 Å². The maximum atomic E-state index is 13.5. The normalized spacial score (nSPS) is 18.7. The van der Waals surface area contributed by atoms with E-state index in [1.807, 2.05) is 63.5 Å². The number of ether oxygens (including phenoxy) is 1. The number of fused-ring (bicyclic) bond motifs is 2. The number of carbonyl (C=O) groups excluding carboxylic acids is 2. The van der Waals surface area contributed by atoms with Gasteiger partial charge in [0.15, 0.2) is 0 Å². The first-order valence-corrected chi connectivity index (χ1v) is 12.2. The molecule has 1 heterocycles. The number of nitrogens with zero attached hydrogens (tertiary/aromatic N) is 2. The van der Waals surface area contributed by atoms with Gasteiger partial charge in [-0.1, -0.05) is 43.3 Å². The summed E-state index contributed by atoms with van der Waals surface area (Å²) in [5.74, 6) is 0.288. The van der Waals surface area contributed by atoms with Crippen molar-refractivity contribution in [2.75, 3.05) is 44.4 Å². The predicted octanol–water partition coefficient (Wildman–Crippen LogP) is 4.27. The van der Waals surface area contributed by atoms with E-state index in [-0.39, 0.29) is 30.6 Å². The van der Waals surface area contributed by atoms with E-state index in [9.17, 15) is 14.7 Å². The van der Waals surface area contributed by atoms with Gasteiger partial charge >= 0.3 is 6.03 Å². The standard InChI is InChI=1S/C28H34N4O4/c1-18-15-32(19(2)17-33)27(34)23-14-21(12-13-25(23)36-26(18)16-31(3)4)29-28(35)30-24-11-7-9-20-8-5-6-10-22(20)24/h5-14,18-19,26,33H,15-17H2,1-4H3,(H2,29,30,35)/t18-,19+,26-/m0/s1. The number of aliphatic hydroxyl groups is 1. The molecule has 0 saturated carbocycles. The lowest BCUT2D eigenvalue weighted by atomic mass is 9.99. The Hall–Kier alpha value is -3.62. The summed E-state index contributed by atoms with van der Waals surface area (Å²) < 4.78 is 6.32. The fourth-order valence-electron chi connectivity index (χ4n) is 4.50. The molecule has 4 rings (SSSR count). The van der Waals surface area contributed by atoms with Gasteiger partial charge in [-0.2, -0.15) is 0 Å². The van der Waals surface area contributed by atoms with Crippen LogP contribution in [-0.4, -0.2) is 72.8 Å². The quantitative estimate of drug-likeness (QED) is 0.480. The highest BCUT2D eigenvalue weighted by Gasteiger charge is 2.33. The molecule has 1 aliphatic rings. The largest absolute Gasteiger partial charge is 0.488 e. The van der Waals surface area contributed by atoms with E-state index in [0.717, 1.165) is 10.8 Å². The molecule has 36 heavy (non-hydrogen) atoms. The highest BCUT2D eigenvalue weighted by molar-refractivity contribution is 6.07. The molecule has 3 aromatic rings. The second kappa shape index (κ2) is 11.0. The Kier molecular flexibility index (Phi) is 7.76. The van der Waals surface area contributed by atoms with Gasteiger partial charge in [0.25, 0.3) is 5.91 Å². The maximum Gasteiger partial charge on any atom is 0.323 e. The van der Waals surface area contributed by atoms with Crippen molar-refractivity contribution in [1.29, 1.82) is 0 Å². The maximum absolute atomic E-state index is 13.5. The fraction of sp³-hybridized carbons (Fsp3) is 0.357. The molecule has 0 radical (unpaired) electrons. The monoisotopic (exact) mass is 490 g/mol. The van der Waals surface area contributed by atoms with Gasteiger partial charge in [0, 0.05) is 30.1 Å². The van der Waals surface area contributed by atoms with Crippen LogP contribution in [-0.2, 0) is 0 Å². The van der Waals surface area contributed by atoms with Gasteiger partial charge < -0.3 is 30.3 Å². The molecular formula is C28H34N4O4. The third-order valence-electron chi connectivity index (χ3n) is 6.51. The first-order valence-electron chi connectivity index (χ1n) is 12.2. The molecule has 0 spiro atoms. The zero-order valence-corrected chi connectivity index (χ0v) is 21.2. The highest BCUT2D eigenvalue weighted by atomic mass is 16.5. The Morgan fingerprint density at radius 3 is 2.64 bits per heavy atom. The number of anilines is 2. The van der Waals surface area contributed by atoms with Crippen LogP contribution in [0.5, 0.6) is 5.75 Å². The van der Waals surface area contributed by atoms with E-state index >= 15 is 0 Å². The van der Waals surface area contributed by atoms with Gasteiger partial charge in [-0.3, -0.25) is 4.79 Å². The number of likely N-dealkylation sites (N-methyl/N-ethyl adjacent to an activating group) is 1. The second-order valence-corrected chi connectivity index (χ2v) is 9.70. The van der Waals surface area contributed by atoms with E-state index < -0.39 is 6.03 Å². The van der Waals surface area contributed by atoms with Crippen LogP contribution in [0, 0.1) is 5.92 Å². The van der Waals surface area contributed by atoms with Crippen molar-refractivity contribution in [3.05, 3.63) is 66.2 Å². The van der Waals surface area contributed by atoms with Gasteiger partial charge in [-0.15, -0.1) is 0 Å². The Morgan fingerprint density at radius 1 is 1.14 bits per heavy atom. The van der Waals surface area contributed by atoms with Crippen molar-refractivity contribution in [2.24, 2.45) is 5.92 Å². The lowest BCUT2D eigenvalue weighted by molar-refractivity contribution is 0.0363. The van der Waals surface area contributed by atoms with Crippen molar-refractivity contribution in [1.82, 2.24) is 9.80 Å². The minimum atomic E-state index is -0.412. The molecular weight excluding hydrogens is 456 g/mol. The summed E-state index contributed by atoms with van der Waals surface area (Å²) in [6, 6.07) is 17.9. The highest BCUT2D eigenvalue weighted by Crippen LogP contribution is 2.31. The number of rotatable bonds is 6. The lowest BCUT2D eigenvalue weighted by Gasteiger charge is -2.37. The van der Waals surface area contributed by atoms with E-state index in [0.29, 0.717) is 35.8 Å². The van der Waals surface area contributed by atoms with E-state index in [2.05, 4.69) is 22.5 Å². The molecule has 0 bridgehead atoms. The Bertz CT molecular complexity index is 1240. The number of benzene rings is 3. The van der Waals surface area contributed by atoms with Gasteiger partial charge in [0.1, 0.15) is 11.9 Å². The third-order valence-corrected chi connectivity index (χ3v) is 6.51. The number of urea groups is 1. The molecule has 8 nitrogen and oxygen atoms in total. The molecule has 3 amide bonds. The molecule has 1 aliphatic heterocycles. The van der Waals surface area contributed by atoms with Crippen molar-refractivity contribution < 1.29 is 19.4 Å². The molecule has 8 heteroatoms. The summed E-state index contributed by atoms with van der Waals surface area (Å²) >= 11 is 0. The summed E-state index contributed by atoms with van der Waals surface area (Å²) in [6.07, 6.45) is -0.145. The smallest absolute Gasteiger partial charge is 0.323 e. The van der Waals surface area contributed by atoms with Crippen molar-refractivity contribution in [3.8, 4) is 5.75 Å². The number of hydrogen-bond donors (Lipinski definition) is 3. The molecule has 0 saturated heterocycles. The molecule has 3 atom stereocenters. The van der Waals surface area contributed by atoms with Gasteiger partial charge in [-0.05, 0) is 50.7 Å². The topological polar surface area (TPSA) is 94.1 Å². The minimum Gasteiger partial charge on any atom is -0.488 e. The van der Waals surface area contributed by atoms with Gasteiger partial charge in [0.05, 0.1) is 23.9 Å². The number of aliphatic hydroxyl groups excluding tert-OH is 1. The minimum absolute atomic E-state index is 0.0581. The summed E-state index contributed by atoms with van der Waals surface area (Å²) in [6.45, 7) is 4.88. The first kappa shape index (κ1) is 25.5. The van der Waals surface area contributed by atoms with Crippen molar-refractivity contribution >= 4 is 34.1 Å². The number of carbonyl (C=O) groups is 2. The first-order chi connectivity index (χ1) is 17.3. The molecule has 3 N–H and O–H groups in total. The summed E-state index contributed by atoms with van der Waals surface area (Å²) in [5, 5.41) is 17.5. The molecule has 0 fully saturated rings. The molecule has 190 valence electrons. The van der Waals surface area contributed by atoms with Crippen LogP contribution in [0.15, 0.2) is 60.7 Å². The predicted molar refractivity (Wildman–Crippen MR) is 143 cm³/mol. The SMILES string of the molecule is C[C@H](CO)N1C[C@H](C)[C@H](CN(C)C)Oc2ccc(NC(=O)Nc3cccc4ccccc34)cc2C1=O. The lowest BCUT2D eigenvalue weighted by Crippen LogP contribution is -2.49. The summed E-state index contributed by atoms with van der Waals surface area (Å²) in [5.41, 5.74) is 1.52. The zero-order valence-electron chi connectivity index (χ0n) is 21.2. The second-order valence-electron chi connectivity index (χ2n) is 9.70. The van der Waals surface area contributed by atoms with Crippen LogP contribution in [0.2, 0.25) is 0 Å². The van der Waals surface area contributed by atoms with Crippen LogP contribution in [0.25, 0.3) is 10.8 Å². The van der Waals surface area contributed by atoms with Gasteiger partial charge in [-0.25, -0.2) is 4.79 Å². The summed E-state index contributed by atoms with van der Waals surface area (Å²) in [7, 11) is 3.97. The Labute approximate surface area is 211 Å². The number of nitrogens with one attached hydrogen (secondary N) is 2. The van der Waals surface area contributed by atoms with Crippen LogP contribution in [0.1, 0.15) is 24.2 Å². The Morgan fingerprint density at radius 2 is 1.89 bits per heavy atom. The number of hydrogen-bond acceptors (Lipinski definition) is 5. The van der Waals surface area contributed by atoms with E-state index in [1.165, 1.54) is 0 Å². The van der Waals surface area contributed by atoms with Crippen molar-refractivity contribution in [2.45, 2.75) is 26.0 Å². The van der Waals surface area contributed by atoms with Crippen molar-refractivity contribution in [3.63, 3.8) is 0 Å². The van der Waals surface area contributed by atoms with Crippen LogP contribution in [0.3, 0.4) is 0 Å². The molecule has 3 aromatic carbocycles. The van der Waals surface area contributed by atoms with Crippen LogP contribution >= 0.6 is 0 Å². The third kappa shape index (κ3) is 5.61. The average Bonchev–Trinajstić information content (AvgIpc) is 2.86. The molecule has 0 aromatic heterocycles.